The van der Waals surface area contributed by atoms with Crippen LogP contribution in [0.2, 0.25) is 0 Å². The van der Waals surface area contributed by atoms with Crippen LogP contribution in [-0.4, -0.2) is 12.8 Å². The Morgan fingerprint density at radius 1 is 1.00 bits per heavy atom. The molecule has 0 unspecified atom stereocenters. The van der Waals surface area contributed by atoms with E-state index in [2.05, 4.69) is 31.0 Å². The molecule has 1 heterocycles. The van der Waals surface area contributed by atoms with Gasteiger partial charge in [-0.15, -0.1) is 0 Å². The largest absolute Gasteiger partial charge is 0.289 e. The van der Waals surface area contributed by atoms with Crippen LogP contribution in [-0.2, 0) is 0 Å². The number of hydrogen-bond donors (Lipinski definition) is 0. The van der Waals surface area contributed by atoms with E-state index >= 15 is 0 Å². The molecular formula is C12H23N. The van der Waals surface area contributed by atoms with Gasteiger partial charge in [0.05, 0.1) is 6.54 Å². The Labute approximate surface area is 83.3 Å². The molecule has 1 aliphatic heterocycles. The summed E-state index contributed by atoms with van der Waals surface area (Å²) in [6.07, 6.45) is 6.11. The molecule has 1 heteroatoms. The van der Waals surface area contributed by atoms with Crippen molar-refractivity contribution in [3.05, 3.63) is 23.3 Å². The summed E-state index contributed by atoms with van der Waals surface area (Å²) < 4.78 is 0. The first kappa shape index (κ1) is 14.7. The predicted octanol–water partition coefficient (Wildman–Crippen LogP) is 4.02. The van der Waals surface area contributed by atoms with Gasteiger partial charge in [-0.2, -0.15) is 0 Å². The Bertz CT molecular complexity index is 165. The topological polar surface area (TPSA) is 12.4 Å². The molecule has 0 aromatic heterocycles. The lowest BCUT2D eigenvalue weighted by Crippen LogP contribution is -1.79. The fraction of sp³-hybridized carbons (Fsp3) is 0.583. The van der Waals surface area contributed by atoms with Crippen molar-refractivity contribution in [2.45, 2.75) is 41.5 Å². The molecule has 76 valence electrons. The molecule has 0 bridgehead atoms. The van der Waals surface area contributed by atoms with Crippen molar-refractivity contribution >= 4 is 6.21 Å². The van der Waals surface area contributed by atoms with Gasteiger partial charge < -0.3 is 0 Å². The molecule has 0 atom stereocenters. The first-order valence-corrected chi connectivity index (χ1v) is 5.14. The third kappa shape index (κ3) is 7.51. The van der Waals surface area contributed by atoms with Crippen molar-refractivity contribution in [1.82, 2.24) is 0 Å². The van der Waals surface area contributed by atoms with Gasteiger partial charge in [0, 0.05) is 6.21 Å². The van der Waals surface area contributed by atoms with Crippen LogP contribution < -0.4 is 0 Å². The van der Waals surface area contributed by atoms with Crippen LogP contribution in [0.15, 0.2) is 28.3 Å². The predicted molar refractivity (Wildman–Crippen MR) is 63.6 cm³/mol. The molecule has 1 aliphatic rings. The summed E-state index contributed by atoms with van der Waals surface area (Å²) in [6, 6.07) is 0. The van der Waals surface area contributed by atoms with Gasteiger partial charge in [0.15, 0.2) is 0 Å². The van der Waals surface area contributed by atoms with Gasteiger partial charge in [0.1, 0.15) is 0 Å². The molecule has 13 heavy (non-hydrogen) atoms. The van der Waals surface area contributed by atoms with Crippen LogP contribution in [0.4, 0.5) is 0 Å². The van der Waals surface area contributed by atoms with Crippen LogP contribution in [0.25, 0.3) is 0 Å². The summed E-state index contributed by atoms with van der Waals surface area (Å²) >= 11 is 0. The lowest BCUT2D eigenvalue weighted by Gasteiger charge is -1.91. The zero-order chi connectivity index (χ0) is 10.7. The number of aliphatic imine (C=N–C) groups is 1. The first-order chi connectivity index (χ1) is 6.30. The highest BCUT2D eigenvalue weighted by Gasteiger charge is 1.90. The summed E-state index contributed by atoms with van der Waals surface area (Å²) in [7, 11) is 0. The standard InChI is InChI=1S/C8H11N.2C2H6/c1-7-4-3-5-9-6-8(7)2;2*1-2/h3-4,6H,5H2,1-2H3;2*1-2H3. The molecule has 0 fully saturated rings. The number of nitrogens with zero attached hydrogens (tertiary/aromatic N) is 1. The average Bonchev–Trinajstić information content (AvgIpc) is 2.39. The second-order valence-electron chi connectivity index (χ2n) is 2.26. The van der Waals surface area contributed by atoms with Crippen molar-refractivity contribution in [2.24, 2.45) is 4.99 Å². The van der Waals surface area contributed by atoms with E-state index < -0.39 is 0 Å². The highest BCUT2D eigenvalue weighted by molar-refractivity contribution is 5.80. The van der Waals surface area contributed by atoms with Crippen molar-refractivity contribution < 1.29 is 0 Å². The molecule has 0 spiro atoms. The zero-order valence-electron chi connectivity index (χ0n) is 9.89. The van der Waals surface area contributed by atoms with Crippen LogP contribution in [0.1, 0.15) is 41.5 Å². The quantitative estimate of drug-likeness (QED) is 0.535. The van der Waals surface area contributed by atoms with Crippen molar-refractivity contribution in [3.63, 3.8) is 0 Å². The first-order valence-electron chi connectivity index (χ1n) is 5.14. The monoisotopic (exact) mass is 181 g/mol. The van der Waals surface area contributed by atoms with Gasteiger partial charge in [-0.05, 0) is 25.0 Å². The molecule has 1 rings (SSSR count). The molecule has 0 radical (unpaired) electrons. The van der Waals surface area contributed by atoms with E-state index in [1.807, 2.05) is 33.9 Å². The van der Waals surface area contributed by atoms with E-state index in [-0.39, 0.29) is 0 Å². The maximum atomic E-state index is 4.13. The summed E-state index contributed by atoms with van der Waals surface area (Å²) in [4.78, 5) is 4.13. The maximum Gasteiger partial charge on any atom is 0.0573 e. The highest BCUT2D eigenvalue weighted by Crippen LogP contribution is 2.04. The Hall–Kier alpha value is -0.850. The molecule has 0 amide bonds. The second kappa shape index (κ2) is 11.2. The minimum absolute atomic E-state index is 0.828. The molecule has 0 saturated heterocycles. The van der Waals surface area contributed by atoms with Crippen LogP contribution in [0, 0.1) is 0 Å². The minimum Gasteiger partial charge on any atom is -0.289 e. The Balaban J connectivity index is 0. The molecule has 0 aromatic rings. The van der Waals surface area contributed by atoms with Gasteiger partial charge in [-0.3, -0.25) is 4.99 Å². The number of rotatable bonds is 0. The van der Waals surface area contributed by atoms with E-state index in [4.69, 9.17) is 0 Å². The van der Waals surface area contributed by atoms with Crippen molar-refractivity contribution in [3.8, 4) is 0 Å². The van der Waals surface area contributed by atoms with Crippen LogP contribution in [0.3, 0.4) is 0 Å². The Morgan fingerprint density at radius 2 is 1.54 bits per heavy atom. The van der Waals surface area contributed by atoms with Gasteiger partial charge in [-0.25, -0.2) is 0 Å². The molecular weight excluding hydrogens is 158 g/mol. The summed E-state index contributed by atoms with van der Waals surface area (Å²) in [5.74, 6) is 0. The lowest BCUT2D eigenvalue weighted by molar-refractivity contribution is 1.26. The highest BCUT2D eigenvalue weighted by atomic mass is 14.7. The lowest BCUT2D eigenvalue weighted by atomic mass is 10.2. The third-order valence-electron chi connectivity index (χ3n) is 1.49. The zero-order valence-corrected chi connectivity index (χ0v) is 9.89. The number of allylic oxidation sites excluding steroid dienone is 3. The average molecular weight is 181 g/mol. The van der Waals surface area contributed by atoms with Crippen molar-refractivity contribution in [1.29, 1.82) is 0 Å². The smallest absolute Gasteiger partial charge is 0.0573 e. The van der Waals surface area contributed by atoms with E-state index in [1.54, 1.807) is 0 Å². The van der Waals surface area contributed by atoms with Crippen molar-refractivity contribution in [2.75, 3.05) is 6.54 Å². The molecule has 0 aromatic carbocycles. The van der Waals surface area contributed by atoms with E-state index in [9.17, 15) is 0 Å². The number of hydrogen-bond acceptors (Lipinski definition) is 1. The summed E-state index contributed by atoms with van der Waals surface area (Å²) in [5, 5.41) is 0. The van der Waals surface area contributed by atoms with Crippen LogP contribution >= 0.6 is 0 Å². The molecule has 1 nitrogen and oxygen atoms in total. The van der Waals surface area contributed by atoms with E-state index in [0.717, 1.165) is 6.54 Å². The molecule has 0 saturated carbocycles. The van der Waals surface area contributed by atoms with Crippen LogP contribution in [0.5, 0.6) is 0 Å². The fourth-order valence-electron chi connectivity index (χ4n) is 0.713. The fourth-order valence-corrected chi connectivity index (χ4v) is 0.713. The van der Waals surface area contributed by atoms with E-state index in [1.165, 1.54) is 11.1 Å². The SMILES string of the molecule is CC.CC.CC1=C(C)C=NCC=C1. The van der Waals surface area contributed by atoms with Gasteiger partial charge in [-0.1, -0.05) is 39.8 Å². The Kier molecular flexibility index (Phi) is 12.6. The maximum absolute atomic E-state index is 4.13. The normalized spacial score (nSPS) is 13.7. The third-order valence-corrected chi connectivity index (χ3v) is 1.49. The van der Waals surface area contributed by atoms with E-state index in [0.29, 0.717) is 0 Å². The second-order valence-corrected chi connectivity index (χ2v) is 2.26. The van der Waals surface area contributed by atoms with Gasteiger partial charge >= 0.3 is 0 Å². The Morgan fingerprint density at radius 3 is 2.08 bits per heavy atom. The summed E-state index contributed by atoms with van der Waals surface area (Å²) in [5.41, 5.74) is 2.58. The molecule has 0 N–H and O–H groups in total. The molecule has 0 aliphatic carbocycles. The minimum atomic E-state index is 0.828. The summed E-state index contributed by atoms with van der Waals surface area (Å²) in [6.45, 7) is 13.0. The van der Waals surface area contributed by atoms with Gasteiger partial charge in [0.25, 0.3) is 0 Å². The van der Waals surface area contributed by atoms with Gasteiger partial charge in [0.2, 0.25) is 0 Å².